The molecular formula is C15H31F9LiN3O9. The predicted molar refractivity (Wildman–Crippen MR) is 105 cm³/mol. The molecule has 0 radical (unpaired) electrons. The van der Waals surface area contributed by atoms with Crippen molar-refractivity contribution in [3.8, 4) is 0 Å². The summed E-state index contributed by atoms with van der Waals surface area (Å²) in [5, 5.41) is 43.9. The minimum Gasteiger partial charge on any atom is -0.870 e. The van der Waals surface area contributed by atoms with Crippen molar-refractivity contribution in [3.63, 3.8) is 0 Å². The summed E-state index contributed by atoms with van der Waals surface area (Å²) in [4.78, 5) is 25.4. The Hall–Kier alpha value is -1.76. The third kappa shape index (κ3) is 38.9. The zero-order chi connectivity index (χ0) is 35.4. The summed E-state index contributed by atoms with van der Waals surface area (Å²) in [6, 6.07) is 0. The van der Waals surface area contributed by atoms with E-state index in [0.717, 1.165) is 0 Å². The van der Waals surface area contributed by atoms with Crippen LogP contribution in [-0.4, -0.2) is 92.7 Å². The van der Waals surface area contributed by atoms with Gasteiger partial charge in [0.2, 0.25) is 17.9 Å². The Morgan fingerprint density at radius 3 is 1.22 bits per heavy atom. The number of Topliss-reactive ketones (excluding diaryl/α,β-unsaturated/α-hetero) is 1. The number of aliphatic hydroxyl groups is 3. The summed E-state index contributed by atoms with van der Waals surface area (Å²) in [6.45, 7) is -7.47. The number of ketones is 1. The topological polar surface area (TPSA) is 220 Å². The van der Waals surface area contributed by atoms with Gasteiger partial charge in [-0.3, -0.25) is 25.0 Å². The van der Waals surface area contributed by atoms with Crippen LogP contribution in [0, 0.1) is 20.2 Å². The first kappa shape index (κ1) is 35.2. The number of rotatable bonds is 3. The van der Waals surface area contributed by atoms with E-state index >= 15 is 0 Å². The van der Waals surface area contributed by atoms with Gasteiger partial charge in [0.1, 0.15) is 6.85 Å². The molecule has 0 aromatic carbocycles. The summed E-state index contributed by atoms with van der Waals surface area (Å²) in [5.41, 5.74) is -3.06. The van der Waals surface area contributed by atoms with Gasteiger partial charge in [-0.25, -0.2) is 0 Å². The Kier molecular flexibility index (Phi) is 22.2. The standard InChI is InChI=1S/C4H6F3NO3.C4H8F3NO.C3H3F3O.C2H6O.CH3NO2.CH4.Li.H2O/c1-3(9,2-8(10)11)4(5,6)7;1-3(9,2-8)4(5,6)7;1-2(7)3(4,5)6;1-2-3;1-2(3)4;;;/h9H,2H2,1H3;9H,2,8H2,1H3;1H3;3H,2H2,1H3;1H3;1H4;;1H2/q;;;;;;+1;/p-1/i2*2D2;;;1D3;;;. The molecule has 0 saturated heterocycles. The molecule has 2 unspecified atom stereocenters. The monoisotopic (exact) mass is 582 g/mol. The molecule has 0 aromatic rings. The molecule has 0 rings (SSSR count). The maximum atomic E-state index is 11.9. The molecule has 37 heavy (non-hydrogen) atoms. The molecule has 0 aliphatic rings. The zero-order valence-corrected chi connectivity index (χ0v) is 18.9. The van der Waals surface area contributed by atoms with Gasteiger partial charge in [-0.05, 0) is 20.8 Å². The van der Waals surface area contributed by atoms with Crippen molar-refractivity contribution in [2.24, 2.45) is 5.73 Å². The summed E-state index contributed by atoms with van der Waals surface area (Å²) in [6.07, 6.45) is -15.1. The first-order chi connectivity index (χ1) is 17.2. The average molecular weight is 582 g/mol. The van der Waals surface area contributed by atoms with Crippen LogP contribution in [0.15, 0.2) is 0 Å². The molecule has 0 fully saturated rings. The third-order valence-electron chi connectivity index (χ3n) is 2.09. The number of aliphatic hydroxyl groups excluding tert-OH is 1. The van der Waals surface area contributed by atoms with Crippen molar-refractivity contribution in [2.45, 2.75) is 64.9 Å². The van der Waals surface area contributed by atoms with Crippen LogP contribution in [0.2, 0.25) is 0 Å². The minimum atomic E-state index is -5.40. The first-order valence-corrected chi connectivity index (χ1v) is 7.59. The predicted octanol–water partition coefficient (Wildman–Crippen LogP) is -0.673. The van der Waals surface area contributed by atoms with Gasteiger partial charge in [-0.2, -0.15) is 39.5 Å². The van der Waals surface area contributed by atoms with Gasteiger partial charge in [-0.15, -0.1) is 0 Å². The van der Waals surface area contributed by atoms with Crippen LogP contribution in [0.1, 0.15) is 44.7 Å². The number of carbonyl (C=O) groups is 1. The van der Waals surface area contributed by atoms with Crippen LogP contribution < -0.4 is 24.6 Å². The Morgan fingerprint density at radius 2 is 1.19 bits per heavy atom. The van der Waals surface area contributed by atoms with E-state index in [1.165, 1.54) is 0 Å². The maximum absolute atomic E-state index is 11.9. The molecule has 0 aliphatic carbocycles. The van der Waals surface area contributed by atoms with Gasteiger partial charge in [0, 0.05) is 32.6 Å². The van der Waals surface area contributed by atoms with Crippen molar-refractivity contribution in [3.05, 3.63) is 20.2 Å². The molecule has 0 saturated carbocycles. The molecule has 0 amide bonds. The fourth-order valence-electron chi connectivity index (χ4n) is 0.323. The van der Waals surface area contributed by atoms with E-state index < -0.39 is 65.3 Å². The van der Waals surface area contributed by atoms with Gasteiger partial charge in [0.25, 0.3) is 0 Å². The Bertz CT molecular complexity index is 801. The second-order valence-corrected chi connectivity index (χ2v) is 5.28. The second-order valence-electron chi connectivity index (χ2n) is 5.28. The SMILES string of the molecule is C.CC(=O)C(F)(F)F.CCO.[2H]C([2H])(N)C(C)(O)C(F)(F)F.[2H]C([2H])([2H])[N+](=O)[O-].[2H]C([2H])([N+](=O)[O-])C(C)(O)C(F)(F)F.[Li+].[OH-]. The number of nitrogens with two attached hydrogens (primary N) is 1. The molecule has 0 bridgehead atoms. The molecule has 224 valence electrons. The van der Waals surface area contributed by atoms with Crippen molar-refractivity contribution in [1.29, 1.82) is 0 Å². The molecule has 0 aromatic heterocycles. The largest absolute Gasteiger partial charge is 1.00 e. The smallest absolute Gasteiger partial charge is 0.870 e. The Morgan fingerprint density at radius 1 is 0.973 bits per heavy atom. The molecule has 22 heteroatoms. The van der Waals surface area contributed by atoms with Crippen molar-refractivity contribution in [2.75, 3.05) is 26.6 Å². The van der Waals surface area contributed by atoms with E-state index in [-0.39, 0.29) is 52.2 Å². The van der Waals surface area contributed by atoms with E-state index in [1.54, 1.807) is 6.92 Å². The summed E-state index contributed by atoms with van der Waals surface area (Å²) >= 11 is 0. The first-order valence-electron chi connectivity index (χ1n) is 11.1. The van der Waals surface area contributed by atoms with Gasteiger partial charge in [0.05, 0.1) is 0 Å². The van der Waals surface area contributed by atoms with Crippen LogP contribution in [0.3, 0.4) is 0 Å². The van der Waals surface area contributed by atoms with E-state index in [1.807, 2.05) is 0 Å². The zero-order valence-electron chi connectivity index (χ0n) is 25.9. The fourth-order valence-corrected chi connectivity index (χ4v) is 0.323. The van der Waals surface area contributed by atoms with Gasteiger partial charge in [-0.1, -0.05) is 7.43 Å². The van der Waals surface area contributed by atoms with Crippen LogP contribution in [0.4, 0.5) is 39.5 Å². The van der Waals surface area contributed by atoms with Gasteiger partial charge in [0.15, 0.2) is 12.6 Å². The number of alkyl halides is 9. The number of hydrogen-bond donors (Lipinski definition) is 4. The molecular weight excluding hydrogens is 544 g/mol. The quantitative estimate of drug-likeness (QED) is 0.142. The summed E-state index contributed by atoms with van der Waals surface area (Å²) < 4.78 is 147. The van der Waals surface area contributed by atoms with Crippen LogP contribution >= 0.6 is 0 Å². The molecule has 0 heterocycles. The number of hydrogen-bond acceptors (Lipinski definition) is 10. The van der Waals surface area contributed by atoms with Crippen LogP contribution in [0.25, 0.3) is 0 Å². The molecule has 6 N–H and O–H groups in total. The van der Waals surface area contributed by atoms with Crippen molar-refractivity contribution >= 4 is 5.78 Å². The van der Waals surface area contributed by atoms with E-state index in [4.69, 9.17) is 24.9 Å². The number of nitrogens with zero attached hydrogens (tertiary/aromatic N) is 2. The van der Waals surface area contributed by atoms with Crippen LogP contribution in [0.5, 0.6) is 0 Å². The molecule has 0 spiro atoms. The summed E-state index contributed by atoms with van der Waals surface area (Å²) in [7, 11) is 0. The van der Waals surface area contributed by atoms with Gasteiger partial charge >= 0.3 is 37.4 Å². The summed E-state index contributed by atoms with van der Waals surface area (Å²) in [5.74, 6) is -1.76. The number of carbonyl (C=O) groups excluding carboxylic acids is 1. The van der Waals surface area contributed by atoms with E-state index in [2.05, 4.69) is 5.73 Å². The Labute approximate surface area is 227 Å². The molecule has 0 aliphatic heterocycles. The molecule has 12 nitrogen and oxygen atoms in total. The van der Waals surface area contributed by atoms with Crippen LogP contribution in [-0.2, 0) is 4.79 Å². The molecule has 2 atom stereocenters. The number of halogens is 9. The normalized spacial score (nSPS) is 17.2. The van der Waals surface area contributed by atoms with Crippen molar-refractivity contribution in [1.82, 2.24) is 0 Å². The van der Waals surface area contributed by atoms with Gasteiger partial charge < -0.3 is 26.5 Å². The Balaban J connectivity index is -0.0000000638. The average Bonchev–Trinajstić information content (AvgIpc) is 2.65. The van der Waals surface area contributed by atoms with E-state index in [9.17, 15) is 64.5 Å². The minimum absolute atomic E-state index is 0. The maximum Gasteiger partial charge on any atom is 1.00 e. The van der Waals surface area contributed by atoms with Crippen molar-refractivity contribution < 1.29 is 103 Å². The van der Waals surface area contributed by atoms with E-state index in [0.29, 0.717) is 6.92 Å². The third-order valence-corrected chi connectivity index (χ3v) is 2.09. The fraction of sp³-hybridized carbons (Fsp3) is 0.933. The number of nitro groups is 2. The second kappa shape index (κ2) is 23.4.